The van der Waals surface area contributed by atoms with Crippen LogP contribution in [0.2, 0.25) is 17.3 Å². The van der Waals surface area contributed by atoms with Crippen molar-refractivity contribution in [3.05, 3.63) is 169 Å². The van der Waals surface area contributed by atoms with Crippen molar-refractivity contribution < 1.29 is 25.9 Å². The van der Waals surface area contributed by atoms with Crippen LogP contribution in [0.3, 0.4) is 0 Å². The summed E-state index contributed by atoms with van der Waals surface area (Å²) in [5, 5.41) is 2.17. The summed E-state index contributed by atoms with van der Waals surface area (Å²) in [6.07, 6.45) is 2.00. The van der Waals surface area contributed by atoms with E-state index in [1.54, 1.807) is 0 Å². The molecule has 0 amide bonds. The van der Waals surface area contributed by atoms with Crippen LogP contribution in [0.5, 0.6) is 0 Å². The van der Waals surface area contributed by atoms with Crippen molar-refractivity contribution in [1.29, 1.82) is 0 Å². The first-order chi connectivity index (χ1) is 26.1. The molecule has 9 rings (SSSR count). The van der Waals surface area contributed by atoms with Crippen LogP contribution >= 0.6 is 0 Å². The summed E-state index contributed by atoms with van der Waals surface area (Å²) in [6, 6.07) is 56.0. The SMILES string of the molecule is [2H]C(C)(C)c1cc(-c2[c-]cccc2)nc[c]1[Ge]([CH3])([CH3])[CH3].[Ir].[c-]1ccc2c(oc3ccccc32)c1-c1nc2ccccc2n1-c1ccc(-c2ccccc2)cc1. The van der Waals surface area contributed by atoms with Gasteiger partial charge >= 0.3 is 120 Å². The molecule has 0 aliphatic carbocycles. The van der Waals surface area contributed by atoms with Crippen molar-refractivity contribution in [1.82, 2.24) is 14.5 Å². The first-order valence-electron chi connectivity index (χ1n) is 18.5. The molecule has 0 unspecified atom stereocenters. The Morgan fingerprint density at radius 2 is 1.43 bits per heavy atom. The number of fused-ring (bicyclic) bond motifs is 4. The molecule has 3 heterocycles. The summed E-state index contributed by atoms with van der Waals surface area (Å²) in [7, 11) is 0. The van der Waals surface area contributed by atoms with Gasteiger partial charge in [0.15, 0.2) is 0 Å². The van der Waals surface area contributed by atoms with Crippen molar-refractivity contribution in [2.75, 3.05) is 0 Å². The molecule has 0 spiro atoms. The van der Waals surface area contributed by atoms with Gasteiger partial charge in [-0.2, -0.15) is 0 Å². The van der Waals surface area contributed by atoms with E-state index >= 15 is 0 Å². The number of para-hydroxylation sites is 3. The van der Waals surface area contributed by atoms with Gasteiger partial charge in [-0.05, 0) is 41.5 Å². The maximum absolute atomic E-state index is 8.44. The molecule has 0 bridgehead atoms. The number of hydrogen-bond acceptors (Lipinski definition) is 3. The second-order valence-corrected chi connectivity index (χ2v) is 25.1. The summed E-state index contributed by atoms with van der Waals surface area (Å²) < 4.78 is 18.3. The average Bonchev–Trinajstić information content (AvgIpc) is 3.77. The third-order valence-corrected chi connectivity index (χ3v) is 13.8. The maximum Gasteiger partial charge on any atom is 0.120 e. The van der Waals surface area contributed by atoms with Gasteiger partial charge in [0.05, 0.1) is 22.4 Å². The van der Waals surface area contributed by atoms with Gasteiger partial charge in [0.25, 0.3) is 0 Å². The molecule has 0 atom stereocenters. The van der Waals surface area contributed by atoms with E-state index in [4.69, 9.17) is 10.8 Å². The number of aromatic nitrogens is 3. The fourth-order valence-electron chi connectivity index (χ4n) is 6.91. The van der Waals surface area contributed by atoms with E-state index in [0.29, 0.717) is 0 Å². The van der Waals surface area contributed by atoms with E-state index in [0.717, 1.165) is 66.9 Å². The summed E-state index contributed by atoms with van der Waals surface area (Å²) in [6.45, 7) is 3.91. The molecule has 0 N–H and O–H groups in total. The van der Waals surface area contributed by atoms with E-state index in [9.17, 15) is 0 Å². The molecule has 6 aromatic carbocycles. The third kappa shape index (κ3) is 7.37. The van der Waals surface area contributed by atoms with Gasteiger partial charge in [-0.3, -0.25) is 4.98 Å². The summed E-state index contributed by atoms with van der Waals surface area (Å²) >= 11 is -2.03. The van der Waals surface area contributed by atoms with Crippen molar-refractivity contribution in [3.63, 3.8) is 0 Å². The number of imidazole rings is 1. The second-order valence-electron chi connectivity index (χ2n) is 14.5. The molecule has 0 aliphatic heterocycles. The number of rotatable bonds is 6. The molecule has 0 fully saturated rings. The van der Waals surface area contributed by atoms with Gasteiger partial charge in [-0.15, -0.1) is 18.2 Å². The van der Waals surface area contributed by atoms with Gasteiger partial charge in [0.1, 0.15) is 5.58 Å². The van der Waals surface area contributed by atoms with E-state index in [1.165, 1.54) is 15.5 Å². The van der Waals surface area contributed by atoms with Crippen LogP contribution in [0, 0.1) is 12.1 Å². The zero-order valence-electron chi connectivity index (χ0n) is 32.0. The number of furan rings is 1. The summed E-state index contributed by atoms with van der Waals surface area (Å²) in [4.78, 5) is 9.65. The Hall–Kier alpha value is -5.07. The van der Waals surface area contributed by atoms with Crippen LogP contribution in [0.1, 0.15) is 26.7 Å². The van der Waals surface area contributed by atoms with Crippen LogP contribution in [0.15, 0.2) is 156 Å². The second kappa shape index (κ2) is 15.7. The van der Waals surface area contributed by atoms with E-state index < -0.39 is 19.2 Å². The molecule has 9 aromatic rings. The Balaban J connectivity index is 0.000000191. The normalized spacial score (nSPS) is 11.9. The van der Waals surface area contributed by atoms with Crippen molar-refractivity contribution in [2.24, 2.45) is 0 Å². The van der Waals surface area contributed by atoms with Crippen molar-refractivity contribution in [2.45, 2.75) is 37.0 Å². The molecule has 54 heavy (non-hydrogen) atoms. The van der Waals surface area contributed by atoms with Gasteiger partial charge < -0.3 is 8.98 Å². The van der Waals surface area contributed by atoms with Crippen LogP contribution < -0.4 is 4.40 Å². The minimum atomic E-state index is -2.03. The van der Waals surface area contributed by atoms with Gasteiger partial charge in [-0.1, -0.05) is 83.7 Å². The smallest absolute Gasteiger partial charge is 0.120 e. The van der Waals surface area contributed by atoms with Crippen molar-refractivity contribution in [3.8, 4) is 39.5 Å². The Morgan fingerprint density at radius 1 is 0.722 bits per heavy atom. The van der Waals surface area contributed by atoms with E-state index in [2.05, 4.69) is 112 Å². The van der Waals surface area contributed by atoms with E-state index in [-0.39, 0.29) is 20.1 Å². The molecular formula is C48H41GeIrN3O-2. The minimum Gasteiger partial charge on any atom is -0.501 e. The molecule has 3 aromatic heterocycles. The molecule has 4 nitrogen and oxygen atoms in total. The predicted molar refractivity (Wildman–Crippen MR) is 224 cm³/mol. The van der Waals surface area contributed by atoms with Gasteiger partial charge in [0.2, 0.25) is 0 Å². The predicted octanol–water partition coefficient (Wildman–Crippen LogP) is 12.3. The molecule has 0 aliphatic rings. The van der Waals surface area contributed by atoms with Crippen LogP contribution in [0.4, 0.5) is 0 Å². The maximum atomic E-state index is 8.44. The van der Waals surface area contributed by atoms with Crippen molar-refractivity contribution >= 4 is 50.6 Å². The number of pyridine rings is 1. The Kier molecular flexibility index (Phi) is 10.5. The average molecular weight is 942 g/mol. The fraction of sp³-hybridized carbons (Fsp3) is 0.125. The zero-order valence-corrected chi connectivity index (χ0v) is 35.5. The Labute approximate surface area is 335 Å². The zero-order chi connectivity index (χ0) is 37.5. The number of hydrogen-bond donors (Lipinski definition) is 0. The quantitative estimate of drug-likeness (QED) is 0.123. The molecule has 0 saturated carbocycles. The fourth-order valence-corrected chi connectivity index (χ4v) is 10.2. The number of benzene rings is 6. The molecule has 0 saturated heterocycles. The standard InChI is InChI=1S/C31H19N2O.C17H22GeN.Ir/c1-2-9-21(10-3-1)22-17-19-23(20-18-22)33-28-15-6-5-14-27(28)32-31(33)26-13-8-12-25-24-11-4-7-16-29(24)34-30(25)26;1-13(2)15-11-17(14-9-7-6-8-10-14)19-12-16(15)18(3,4)5;/h1-12,14-20H;6-9,11-13H,1-5H3;/q2*-1;/i;13D;. The molecule has 6 heteroatoms. The largest absolute Gasteiger partial charge is 0.501 e. The van der Waals surface area contributed by atoms with Crippen LogP contribution in [-0.2, 0) is 20.1 Å². The molecule has 1 radical (unpaired) electrons. The first kappa shape index (κ1) is 35.9. The van der Waals surface area contributed by atoms with E-state index in [1.807, 2.05) is 92.8 Å². The monoisotopic (exact) mass is 943 g/mol. The summed E-state index contributed by atoms with van der Waals surface area (Å²) in [5.74, 6) is 7.26. The Bertz CT molecular complexity index is 2730. The van der Waals surface area contributed by atoms with Crippen LogP contribution in [0.25, 0.3) is 72.4 Å². The van der Waals surface area contributed by atoms with Gasteiger partial charge in [0, 0.05) is 31.2 Å². The molecular weight excluding hydrogens is 899 g/mol. The number of nitrogens with zero attached hydrogens (tertiary/aromatic N) is 3. The minimum absolute atomic E-state index is 0. The topological polar surface area (TPSA) is 43.9 Å². The summed E-state index contributed by atoms with van der Waals surface area (Å²) in [5.41, 5.74) is 11.0. The van der Waals surface area contributed by atoms with Gasteiger partial charge in [-0.25, -0.2) is 0 Å². The van der Waals surface area contributed by atoms with Crippen LogP contribution in [-0.4, -0.2) is 27.8 Å². The third-order valence-electron chi connectivity index (χ3n) is 9.59. The Morgan fingerprint density at radius 3 is 2.17 bits per heavy atom. The first-order valence-corrected chi connectivity index (χ1v) is 25.3. The molecule has 269 valence electrons.